The molecule has 0 aliphatic carbocycles. The van der Waals surface area contributed by atoms with Crippen LogP contribution in [-0.4, -0.2) is 13.2 Å². The van der Waals surface area contributed by atoms with E-state index in [0.717, 1.165) is 0 Å². The van der Waals surface area contributed by atoms with Crippen LogP contribution in [0.3, 0.4) is 0 Å². The summed E-state index contributed by atoms with van der Waals surface area (Å²) in [5.41, 5.74) is 0. The Morgan fingerprint density at radius 3 is 2.54 bits per heavy atom. The standard InChI is InChI=1S/C10H13FO2/c1-7(2)13-10-8(11)5-4-6-9(10)12-3/h4-7H,1-3H3. The number of halogens is 1. The number of methoxy groups -OCH3 is 1. The van der Waals surface area contributed by atoms with E-state index in [4.69, 9.17) is 9.47 Å². The third kappa shape index (κ3) is 2.34. The molecule has 0 radical (unpaired) electrons. The average Bonchev–Trinajstić information content (AvgIpc) is 2.08. The highest BCUT2D eigenvalue weighted by molar-refractivity contribution is 5.40. The lowest BCUT2D eigenvalue weighted by Gasteiger charge is -2.13. The Hall–Kier alpha value is -1.25. The van der Waals surface area contributed by atoms with E-state index >= 15 is 0 Å². The van der Waals surface area contributed by atoms with Gasteiger partial charge in [0.1, 0.15) is 0 Å². The van der Waals surface area contributed by atoms with Gasteiger partial charge >= 0.3 is 0 Å². The van der Waals surface area contributed by atoms with E-state index in [1.807, 2.05) is 13.8 Å². The summed E-state index contributed by atoms with van der Waals surface area (Å²) in [5.74, 6) is 0.210. The van der Waals surface area contributed by atoms with Crippen molar-refractivity contribution in [3.8, 4) is 11.5 Å². The Labute approximate surface area is 77.3 Å². The van der Waals surface area contributed by atoms with Crippen molar-refractivity contribution < 1.29 is 13.9 Å². The molecule has 13 heavy (non-hydrogen) atoms. The zero-order valence-electron chi connectivity index (χ0n) is 8.00. The molecule has 2 nitrogen and oxygen atoms in total. The second kappa shape index (κ2) is 4.12. The minimum Gasteiger partial charge on any atom is -0.493 e. The van der Waals surface area contributed by atoms with Gasteiger partial charge < -0.3 is 9.47 Å². The van der Waals surface area contributed by atoms with Crippen molar-refractivity contribution in [3.05, 3.63) is 24.0 Å². The van der Waals surface area contributed by atoms with E-state index in [0.29, 0.717) is 5.75 Å². The van der Waals surface area contributed by atoms with Gasteiger partial charge in [0.25, 0.3) is 0 Å². The predicted molar refractivity (Wildman–Crippen MR) is 48.7 cm³/mol. The minimum absolute atomic E-state index is 0.0641. The van der Waals surface area contributed by atoms with Crippen molar-refractivity contribution in [1.82, 2.24) is 0 Å². The van der Waals surface area contributed by atoms with Gasteiger partial charge in [-0.3, -0.25) is 0 Å². The highest BCUT2D eigenvalue weighted by Crippen LogP contribution is 2.30. The van der Waals surface area contributed by atoms with E-state index in [-0.39, 0.29) is 11.9 Å². The normalized spacial score (nSPS) is 10.2. The Balaban J connectivity index is 3.00. The van der Waals surface area contributed by atoms with Gasteiger partial charge in [0.2, 0.25) is 0 Å². The average molecular weight is 184 g/mol. The van der Waals surface area contributed by atoms with Crippen LogP contribution in [0.15, 0.2) is 18.2 Å². The first-order valence-electron chi connectivity index (χ1n) is 4.14. The summed E-state index contributed by atoms with van der Waals surface area (Å²) in [5, 5.41) is 0. The molecule has 0 atom stereocenters. The first-order valence-corrected chi connectivity index (χ1v) is 4.14. The lowest BCUT2D eigenvalue weighted by Crippen LogP contribution is -2.08. The topological polar surface area (TPSA) is 18.5 Å². The summed E-state index contributed by atoms with van der Waals surface area (Å²) >= 11 is 0. The number of hydrogen-bond donors (Lipinski definition) is 0. The number of ether oxygens (including phenoxy) is 2. The maximum absolute atomic E-state index is 13.2. The van der Waals surface area contributed by atoms with Gasteiger partial charge in [0, 0.05) is 0 Å². The zero-order valence-corrected chi connectivity index (χ0v) is 8.00. The van der Waals surface area contributed by atoms with Gasteiger partial charge in [-0.25, -0.2) is 4.39 Å². The van der Waals surface area contributed by atoms with E-state index < -0.39 is 5.82 Å². The highest BCUT2D eigenvalue weighted by Gasteiger charge is 2.11. The molecule has 0 aromatic heterocycles. The lowest BCUT2D eigenvalue weighted by molar-refractivity contribution is 0.219. The summed E-state index contributed by atoms with van der Waals surface area (Å²) in [4.78, 5) is 0. The third-order valence-electron chi connectivity index (χ3n) is 1.50. The third-order valence-corrected chi connectivity index (χ3v) is 1.50. The Morgan fingerprint density at radius 1 is 1.31 bits per heavy atom. The molecule has 0 amide bonds. The van der Waals surface area contributed by atoms with Crippen molar-refractivity contribution in [2.75, 3.05) is 7.11 Å². The number of benzene rings is 1. The summed E-state index contributed by atoms with van der Waals surface area (Å²) in [7, 11) is 1.49. The highest BCUT2D eigenvalue weighted by atomic mass is 19.1. The van der Waals surface area contributed by atoms with Crippen LogP contribution in [0.25, 0.3) is 0 Å². The summed E-state index contributed by atoms with van der Waals surface area (Å²) in [6.07, 6.45) is -0.0641. The molecular weight excluding hydrogens is 171 g/mol. The maximum Gasteiger partial charge on any atom is 0.197 e. The molecule has 1 rings (SSSR count). The number of hydrogen-bond acceptors (Lipinski definition) is 2. The van der Waals surface area contributed by atoms with Crippen LogP contribution in [-0.2, 0) is 0 Å². The van der Waals surface area contributed by atoms with Crippen LogP contribution in [0.4, 0.5) is 4.39 Å². The maximum atomic E-state index is 13.2. The SMILES string of the molecule is COc1cccc(F)c1OC(C)C. The first-order chi connectivity index (χ1) is 6.15. The van der Waals surface area contributed by atoms with Crippen LogP contribution in [0.1, 0.15) is 13.8 Å². The summed E-state index contributed by atoms with van der Waals surface area (Å²) in [6, 6.07) is 4.60. The minimum atomic E-state index is -0.395. The molecule has 0 saturated carbocycles. The van der Waals surface area contributed by atoms with Crippen molar-refractivity contribution in [2.45, 2.75) is 20.0 Å². The molecule has 0 aliphatic heterocycles. The molecule has 0 aliphatic rings. The molecule has 0 unspecified atom stereocenters. The second-order valence-corrected chi connectivity index (χ2v) is 2.94. The molecule has 3 heteroatoms. The van der Waals surface area contributed by atoms with Crippen LogP contribution >= 0.6 is 0 Å². The van der Waals surface area contributed by atoms with E-state index in [1.165, 1.54) is 13.2 Å². The molecule has 72 valence electrons. The van der Waals surface area contributed by atoms with Gasteiger partial charge in [-0.05, 0) is 26.0 Å². The molecule has 1 aromatic carbocycles. The van der Waals surface area contributed by atoms with E-state index in [1.54, 1.807) is 12.1 Å². The Morgan fingerprint density at radius 2 is 2.00 bits per heavy atom. The van der Waals surface area contributed by atoms with Gasteiger partial charge in [-0.2, -0.15) is 0 Å². The zero-order chi connectivity index (χ0) is 9.84. The van der Waals surface area contributed by atoms with Crippen LogP contribution in [0.2, 0.25) is 0 Å². The fourth-order valence-corrected chi connectivity index (χ4v) is 1.000. The number of para-hydroxylation sites is 1. The van der Waals surface area contributed by atoms with Crippen molar-refractivity contribution >= 4 is 0 Å². The van der Waals surface area contributed by atoms with Crippen molar-refractivity contribution in [1.29, 1.82) is 0 Å². The monoisotopic (exact) mass is 184 g/mol. The molecule has 0 saturated heterocycles. The van der Waals surface area contributed by atoms with Crippen molar-refractivity contribution in [2.24, 2.45) is 0 Å². The predicted octanol–water partition coefficient (Wildman–Crippen LogP) is 2.62. The van der Waals surface area contributed by atoms with Gasteiger partial charge in [0.05, 0.1) is 13.2 Å². The smallest absolute Gasteiger partial charge is 0.197 e. The van der Waals surface area contributed by atoms with Crippen LogP contribution < -0.4 is 9.47 Å². The Bertz CT molecular complexity index is 284. The molecule has 0 N–H and O–H groups in total. The van der Waals surface area contributed by atoms with Gasteiger partial charge in [-0.1, -0.05) is 6.07 Å². The quantitative estimate of drug-likeness (QED) is 0.718. The molecule has 0 heterocycles. The summed E-state index contributed by atoms with van der Waals surface area (Å²) < 4.78 is 23.4. The fourth-order valence-electron chi connectivity index (χ4n) is 1.000. The first kappa shape index (κ1) is 9.84. The second-order valence-electron chi connectivity index (χ2n) is 2.94. The van der Waals surface area contributed by atoms with Crippen LogP contribution in [0, 0.1) is 5.82 Å². The van der Waals surface area contributed by atoms with Crippen molar-refractivity contribution in [3.63, 3.8) is 0 Å². The molecule has 0 spiro atoms. The fraction of sp³-hybridized carbons (Fsp3) is 0.400. The Kier molecular flexibility index (Phi) is 3.12. The van der Waals surface area contributed by atoms with Gasteiger partial charge in [-0.15, -0.1) is 0 Å². The largest absolute Gasteiger partial charge is 0.493 e. The van der Waals surface area contributed by atoms with E-state index in [9.17, 15) is 4.39 Å². The lowest BCUT2D eigenvalue weighted by atomic mass is 10.3. The molecule has 1 aromatic rings. The number of rotatable bonds is 3. The van der Waals surface area contributed by atoms with Gasteiger partial charge in [0.15, 0.2) is 17.3 Å². The summed E-state index contributed by atoms with van der Waals surface area (Å²) in [6.45, 7) is 3.68. The van der Waals surface area contributed by atoms with Crippen LogP contribution in [0.5, 0.6) is 11.5 Å². The van der Waals surface area contributed by atoms with E-state index in [2.05, 4.69) is 0 Å². The molecular formula is C10H13FO2. The molecule has 0 fully saturated rings. The molecule has 0 bridgehead atoms.